The lowest BCUT2D eigenvalue weighted by Crippen LogP contribution is -2.43. The van der Waals surface area contributed by atoms with E-state index in [9.17, 15) is 4.79 Å². The van der Waals surface area contributed by atoms with Crippen molar-refractivity contribution in [1.82, 2.24) is 10.6 Å². The summed E-state index contributed by atoms with van der Waals surface area (Å²) in [5, 5.41) is 5.84. The molecule has 1 fully saturated rings. The molecule has 0 spiro atoms. The molecule has 5 heteroatoms. The summed E-state index contributed by atoms with van der Waals surface area (Å²) in [7, 11) is 1.31. The quantitative estimate of drug-likeness (QED) is 0.626. The summed E-state index contributed by atoms with van der Waals surface area (Å²) >= 11 is 4.91. The third-order valence-electron chi connectivity index (χ3n) is 2.09. The topological polar surface area (TPSA) is 50.4 Å². The standard InChI is InChI=1S/C8H14N2O2S/c1-12-8(11)10-7(13)9-6-4-2-3-5-6/h6H,2-5H2,1H3,(H2,9,10,11,13). The number of carbonyl (C=O) groups excluding carboxylic acids is 1. The molecule has 0 unspecified atom stereocenters. The number of thiocarbonyl (C=S) groups is 1. The van der Waals surface area contributed by atoms with Crippen molar-refractivity contribution in [3.05, 3.63) is 0 Å². The third-order valence-corrected chi connectivity index (χ3v) is 2.31. The summed E-state index contributed by atoms with van der Waals surface area (Å²) < 4.78 is 4.41. The maximum Gasteiger partial charge on any atom is 0.413 e. The van der Waals surface area contributed by atoms with Gasteiger partial charge in [0, 0.05) is 6.04 Å². The van der Waals surface area contributed by atoms with Crippen LogP contribution in [0.2, 0.25) is 0 Å². The molecule has 0 aromatic carbocycles. The highest BCUT2D eigenvalue weighted by Gasteiger charge is 2.16. The van der Waals surface area contributed by atoms with Gasteiger partial charge in [-0.3, -0.25) is 5.32 Å². The molecule has 0 heterocycles. The number of methoxy groups -OCH3 is 1. The maximum atomic E-state index is 10.7. The largest absolute Gasteiger partial charge is 0.453 e. The second-order valence-electron chi connectivity index (χ2n) is 3.07. The molecule has 0 aromatic rings. The molecule has 2 N–H and O–H groups in total. The van der Waals surface area contributed by atoms with Crippen LogP contribution in [0.4, 0.5) is 4.79 Å². The van der Waals surface area contributed by atoms with Crippen LogP contribution < -0.4 is 10.6 Å². The van der Waals surface area contributed by atoms with Gasteiger partial charge >= 0.3 is 6.09 Å². The van der Waals surface area contributed by atoms with Crippen molar-refractivity contribution in [2.24, 2.45) is 0 Å². The first-order valence-corrected chi connectivity index (χ1v) is 4.78. The lowest BCUT2D eigenvalue weighted by molar-refractivity contribution is 0.176. The van der Waals surface area contributed by atoms with Crippen LogP contribution in [0.25, 0.3) is 0 Å². The molecule has 0 aliphatic heterocycles. The van der Waals surface area contributed by atoms with E-state index in [2.05, 4.69) is 15.4 Å². The molecule has 1 amide bonds. The lowest BCUT2D eigenvalue weighted by Gasteiger charge is -2.13. The van der Waals surface area contributed by atoms with Gasteiger partial charge in [0.2, 0.25) is 0 Å². The molecule has 0 aromatic heterocycles. The van der Waals surface area contributed by atoms with Gasteiger partial charge in [-0.15, -0.1) is 0 Å². The molecule has 4 nitrogen and oxygen atoms in total. The summed E-state index contributed by atoms with van der Waals surface area (Å²) in [6.45, 7) is 0. The smallest absolute Gasteiger partial charge is 0.413 e. The highest BCUT2D eigenvalue weighted by Crippen LogP contribution is 2.17. The average Bonchev–Trinajstić information content (AvgIpc) is 2.56. The molecule has 13 heavy (non-hydrogen) atoms. The van der Waals surface area contributed by atoms with E-state index in [1.165, 1.54) is 20.0 Å². The minimum absolute atomic E-state index is 0.360. The second-order valence-corrected chi connectivity index (χ2v) is 3.48. The number of hydrogen-bond donors (Lipinski definition) is 2. The molecule has 74 valence electrons. The Morgan fingerprint density at radius 3 is 2.62 bits per heavy atom. The fourth-order valence-corrected chi connectivity index (χ4v) is 1.69. The van der Waals surface area contributed by atoms with E-state index in [-0.39, 0.29) is 0 Å². The summed E-state index contributed by atoms with van der Waals surface area (Å²) in [6.07, 6.45) is 4.21. The minimum Gasteiger partial charge on any atom is -0.453 e. The monoisotopic (exact) mass is 202 g/mol. The highest BCUT2D eigenvalue weighted by molar-refractivity contribution is 7.80. The summed E-state index contributed by atoms with van der Waals surface area (Å²) in [5.41, 5.74) is 0. The Balaban J connectivity index is 2.20. The fraction of sp³-hybridized carbons (Fsp3) is 0.750. The van der Waals surface area contributed by atoms with Crippen LogP contribution in [-0.4, -0.2) is 24.4 Å². The van der Waals surface area contributed by atoms with Crippen LogP contribution >= 0.6 is 12.2 Å². The van der Waals surface area contributed by atoms with Crippen LogP contribution in [0.5, 0.6) is 0 Å². The van der Waals surface area contributed by atoms with Gasteiger partial charge in [-0.05, 0) is 25.1 Å². The van der Waals surface area contributed by atoms with Crippen molar-refractivity contribution >= 4 is 23.4 Å². The van der Waals surface area contributed by atoms with E-state index in [0.717, 1.165) is 12.8 Å². The average molecular weight is 202 g/mol. The molecule has 0 bridgehead atoms. The molecule has 1 rings (SSSR count). The zero-order valence-electron chi connectivity index (χ0n) is 7.63. The highest BCUT2D eigenvalue weighted by atomic mass is 32.1. The molecule has 1 saturated carbocycles. The zero-order valence-corrected chi connectivity index (χ0v) is 8.45. The SMILES string of the molecule is COC(=O)NC(=S)NC1CCCC1. The van der Waals surface area contributed by atoms with E-state index >= 15 is 0 Å². The van der Waals surface area contributed by atoms with Crippen molar-refractivity contribution in [2.75, 3.05) is 7.11 Å². The number of nitrogens with one attached hydrogen (secondary N) is 2. The normalized spacial score (nSPS) is 16.7. The number of hydrogen-bond acceptors (Lipinski definition) is 3. The minimum atomic E-state index is -0.518. The van der Waals surface area contributed by atoms with Crippen molar-refractivity contribution in [3.63, 3.8) is 0 Å². The van der Waals surface area contributed by atoms with Gasteiger partial charge in [-0.2, -0.15) is 0 Å². The van der Waals surface area contributed by atoms with Gasteiger partial charge in [0.05, 0.1) is 7.11 Å². The predicted octanol–water partition coefficient (Wildman–Crippen LogP) is 1.16. The first kappa shape index (κ1) is 10.2. The summed E-state index contributed by atoms with van der Waals surface area (Å²) in [5.74, 6) is 0. The molecule has 1 aliphatic carbocycles. The Hall–Kier alpha value is -0.840. The Morgan fingerprint density at radius 1 is 1.46 bits per heavy atom. The maximum absolute atomic E-state index is 10.7. The van der Waals surface area contributed by atoms with E-state index in [1.807, 2.05) is 0 Å². The summed E-state index contributed by atoms with van der Waals surface area (Å²) in [6, 6.07) is 0.421. The van der Waals surface area contributed by atoms with E-state index in [1.54, 1.807) is 0 Å². The van der Waals surface area contributed by atoms with Crippen molar-refractivity contribution in [1.29, 1.82) is 0 Å². The number of ether oxygens (including phenoxy) is 1. The van der Waals surface area contributed by atoms with Crippen molar-refractivity contribution < 1.29 is 9.53 Å². The molecule has 1 aliphatic rings. The molecule has 0 atom stereocenters. The van der Waals surface area contributed by atoms with Gasteiger partial charge in [0.15, 0.2) is 5.11 Å². The van der Waals surface area contributed by atoms with Gasteiger partial charge in [0.1, 0.15) is 0 Å². The van der Waals surface area contributed by atoms with Crippen LogP contribution in [0.3, 0.4) is 0 Å². The van der Waals surface area contributed by atoms with E-state index in [4.69, 9.17) is 12.2 Å². The fourth-order valence-electron chi connectivity index (χ4n) is 1.44. The number of carbonyl (C=O) groups is 1. The van der Waals surface area contributed by atoms with Crippen LogP contribution in [0, 0.1) is 0 Å². The van der Waals surface area contributed by atoms with E-state index < -0.39 is 6.09 Å². The number of alkyl carbamates (subject to hydrolysis) is 1. The first-order valence-electron chi connectivity index (χ1n) is 4.38. The lowest BCUT2D eigenvalue weighted by atomic mass is 10.3. The predicted molar refractivity (Wildman–Crippen MR) is 53.5 cm³/mol. The first-order chi connectivity index (χ1) is 6.22. The van der Waals surface area contributed by atoms with Crippen LogP contribution in [-0.2, 0) is 4.74 Å². The van der Waals surface area contributed by atoms with Gasteiger partial charge < -0.3 is 10.1 Å². The van der Waals surface area contributed by atoms with Crippen LogP contribution in [0.15, 0.2) is 0 Å². The number of rotatable bonds is 1. The van der Waals surface area contributed by atoms with Crippen molar-refractivity contribution in [3.8, 4) is 0 Å². The summed E-state index contributed by atoms with van der Waals surface area (Å²) in [4.78, 5) is 10.7. The molecular formula is C8H14N2O2S. The van der Waals surface area contributed by atoms with Gasteiger partial charge in [-0.25, -0.2) is 4.79 Å². The van der Waals surface area contributed by atoms with Gasteiger partial charge in [0.25, 0.3) is 0 Å². The van der Waals surface area contributed by atoms with Gasteiger partial charge in [-0.1, -0.05) is 12.8 Å². The zero-order chi connectivity index (χ0) is 9.68. The number of amides is 1. The Morgan fingerprint density at radius 2 is 2.08 bits per heavy atom. The van der Waals surface area contributed by atoms with E-state index in [0.29, 0.717) is 11.2 Å². The second kappa shape index (κ2) is 5.01. The van der Waals surface area contributed by atoms with Crippen molar-refractivity contribution in [2.45, 2.75) is 31.7 Å². The molecule has 0 radical (unpaired) electrons. The Kier molecular flexibility index (Phi) is 3.95. The Labute approximate surface area is 83.0 Å². The third kappa shape index (κ3) is 3.59. The van der Waals surface area contributed by atoms with Crippen LogP contribution in [0.1, 0.15) is 25.7 Å². The Bertz CT molecular complexity index is 202. The molecular weight excluding hydrogens is 188 g/mol. The molecule has 0 saturated heterocycles.